The minimum atomic E-state index is -1.03. The second-order valence-corrected chi connectivity index (χ2v) is 6.67. The molecule has 5 heteroatoms. The van der Waals surface area contributed by atoms with E-state index in [2.05, 4.69) is 0 Å². The maximum Gasteiger partial charge on any atom is 0.332 e. The number of hydrogen-bond donors (Lipinski definition) is 2. The molecule has 0 aromatic heterocycles. The first-order valence-electron chi connectivity index (χ1n) is 6.95. The van der Waals surface area contributed by atoms with E-state index in [0.717, 1.165) is 12.8 Å². The van der Waals surface area contributed by atoms with Crippen LogP contribution in [0.15, 0.2) is 11.1 Å². The molecule has 1 saturated heterocycles. The molecule has 5 nitrogen and oxygen atoms in total. The Bertz CT molecular complexity index is 564. The van der Waals surface area contributed by atoms with Gasteiger partial charge in [0.25, 0.3) is 0 Å². The quantitative estimate of drug-likeness (QED) is 0.717. The molecule has 8 unspecified atom stereocenters. The van der Waals surface area contributed by atoms with E-state index in [4.69, 9.17) is 4.74 Å². The maximum absolute atomic E-state index is 11.3. The van der Waals surface area contributed by atoms with Crippen molar-refractivity contribution in [3.8, 4) is 0 Å². The van der Waals surface area contributed by atoms with Crippen molar-refractivity contribution < 1.29 is 24.5 Å². The lowest BCUT2D eigenvalue weighted by Gasteiger charge is -2.46. The number of hydrogen-bond acceptors (Lipinski definition) is 3. The molecule has 8 atom stereocenters. The van der Waals surface area contributed by atoms with Crippen LogP contribution >= 0.6 is 0 Å². The van der Waals surface area contributed by atoms with E-state index in [0.29, 0.717) is 35.9 Å². The van der Waals surface area contributed by atoms with Gasteiger partial charge in [-0.25, -0.2) is 9.59 Å². The van der Waals surface area contributed by atoms with Crippen molar-refractivity contribution in [2.45, 2.75) is 25.0 Å². The summed E-state index contributed by atoms with van der Waals surface area (Å²) in [4.78, 5) is 22.7. The predicted octanol–water partition coefficient (Wildman–Crippen LogP) is 0.751. The first kappa shape index (κ1) is 10.4. The van der Waals surface area contributed by atoms with E-state index in [9.17, 15) is 19.8 Å². The molecule has 19 heavy (non-hydrogen) atoms. The van der Waals surface area contributed by atoms with Crippen LogP contribution in [0.3, 0.4) is 0 Å². The van der Waals surface area contributed by atoms with Gasteiger partial charge in [-0.1, -0.05) is 0 Å². The number of epoxide rings is 1. The van der Waals surface area contributed by atoms with E-state index >= 15 is 0 Å². The number of fused-ring (bicyclic) bond motifs is 10. The average molecular weight is 262 g/mol. The SMILES string of the molecule is O=C(O)C1=C(C(=O)O)C2C3CC(C4CC5OC5C43)C12. The fourth-order valence-electron chi connectivity index (χ4n) is 5.92. The van der Waals surface area contributed by atoms with Gasteiger partial charge in [0.1, 0.15) is 0 Å². The second-order valence-electron chi connectivity index (χ2n) is 6.67. The van der Waals surface area contributed by atoms with Gasteiger partial charge in [0.2, 0.25) is 0 Å². The summed E-state index contributed by atoms with van der Waals surface area (Å²) in [6, 6.07) is 0. The molecule has 5 aliphatic rings. The Labute approximate surface area is 109 Å². The van der Waals surface area contributed by atoms with Gasteiger partial charge in [0, 0.05) is 11.8 Å². The third-order valence-corrected chi connectivity index (χ3v) is 6.32. The van der Waals surface area contributed by atoms with Crippen LogP contribution in [0.5, 0.6) is 0 Å². The maximum atomic E-state index is 11.3. The molecule has 2 bridgehead atoms. The lowest BCUT2D eigenvalue weighted by molar-refractivity contribution is -0.140. The van der Waals surface area contributed by atoms with Crippen molar-refractivity contribution in [2.24, 2.45) is 35.5 Å². The number of carboxylic acids is 2. The number of ether oxygens (including phenoxy) is 1. The second kappa shape index (κ2) is 2.87. The summed E-state index contributed by atoms with van der Waals surface area (Å²) in [5, 5.41) is 18.6. The highest BCUT2D eigenvalue weighted by molar-refractivity contribution is 6.03. The highest BCUT2D eigenvalue weighted by Crippen LogP contribution is 2.73. The van der Waals surface area contributed by atoms with Crippen LogP contribution in [0.4, 0.5) is 0 Å². The molecule has 4 aliphatic carbocycles. The standard InChI is InChI=1S/C14H14O5/c15-13(16)10-8-3-1-5(9(8)11(10)14(17)18)7-4(3)2-6-12(7)19-6/h3-9,12H,1-2H2,(H,15,16)(H,17,18). The van der Waals surface area contributed by atoms with E-state index < -0.39 is 11.9 Å². The summed E-state index contributed by atoms with van der Waals surface area (Å²) < 4.78 is 5.62. The fraction of sp³-hybridized carbons (Fsp3) is 0.714. The predicted molar refractivity (Wildman–Crippen MR) is 61.1 cm³/mol. The highest BCUT2D eigenvalue weighted by Gasteiger charge is 2.73. The smallest absolute Gasteiger partial charge is 0.332 e. The summed E-state index contributed by atoms with van der Waals surface area (Å²) in [5.74, 6) is -0.237. The molecule has 0 aromatic carbocycles. The molecule has 0 spiro atoms. The van der Waals surface area contributed by atoms with Crippen LogP contribution in [0.25, 0.3) is 0 Å². The van der Waals surface area contributed by atoms with Crippen molar-refractivity contribution in [3.63, 3.8) is 0 Å². The minimum absolute atomic E-state index is 0.00681. The molecule has 0 amide bonds. The Kier molecular flexibility index (Phi) is 1.58. The molecule has 100 valence electrons. The highest BCUT2D eigenvalue weighted by atomic mass is 16.6. The zero-order chi connectivity index (χ0) is 13.0. The van der Waals surface area contributed by atoms with Gasteiger partial charge in [-0.05, 0) is 36.5 Å². The van der Waals surface area contributed by atoms with Gasteiger partial charge in [0.05, 0.1) is 23.4 Å². The summed E-state index contributed by atoms with van der Waals surface area (Å²) >= 11 is 0. The van der Waals surface area contributed by atoms with Gasteiger partial charge in [-0.2, -0.15) is 0 Å². The van der Waals surface area contributed by atoms with Gasteiger partial charge >= 0.3 is 11.9 Å². The summed E-state index contributed by atoms with van der Waals surface area (Å²) in [6.45, 7) is 0. The fourth-order valence-corrected chi connectivity index (χ4v) is 5.92. The van der Waals surface area contributed by atoms with Crippen molar-refractivity contribution >= 4 is 11.9 Å². The summed E-state index contributed by atoms with van der Waals surface area (Å²) in [5.41, 5.74) is 0.387. The van der Waals surface area contributed by atoms with E-state index in [1.54, 1.807) is 0 Å². The molecule has 1 heterocycles. The Hall–Kier alpha value is -1.36. The topological polar surface area (TPSA) is 87.1 Å². The minimum Gasteiger partial charge on any atom is -0.478 e. The summed E-state index contributed by atoms with van der Waals surface area (Å²) in [7, 11) is 0. The summed E-state index contributed by atoms with van der Waals surface area (Å²) in [6.07, 6.45) is 2.81. The van der Waals surface area contributed by atoms with Gasteiger partial charge in [0.15, 0.2) is 0 Å². The van der Waals surface area contributed by atoms with E-state index in [-0.39, 0.29) is 23.0 Å². The molecule has 2 N–H and O–H groups in total. The van der Waals surface area contributed by atoms with Crippen molar-refractivity contribution in [1.29, 1.82) is 0 Å². The third kappa shape index (κ3) is 0.970. The zero-order valence-electron chi connectivity index (χ0n) is 10.2. The zero-order valence-corrected chi connectivity index (χ0v) is 10.2. The Morgan fingerprint density at radius 2 is 1.58 bits per heavy atom. The van der Waals surface area contributed by atoms with Crippen LogP contribution in [0.2, 0.25) is 0 Å². The van der Waals surface area contributed by atoms with Gasteiger partial charge in [-0.3, -0.25) is 0 Å². The molecular weight excluding hydrogens is 248 g/mol. The van der Waals surface area contributed by atoms with Crippen LogP contribution in [-0.4, -0.2) is 34.4 Å². The Morgan fingerprint density at radius 1 is 0.947 bits per heavy atom. The lowest BCUT2D eigenvalue weighted by atomic mass is 9.56. The van der Waals surface area contributed by atoms with Gasteiger partial charge < -0.3 is 14.9 Å². The van der Waals surface area contributed by atoms with Gasteiger partial charge in [-0.15, -0.1) is 0 Å². The molecule has 3 saturated carbocycles. The number of carbonyl (C=O) groups is 2. The number of rotatable bonds is 2. The molecule has 1 aliphatic heterocycles. The first-order valence-corrected chi connectivity index (χ1v) is 6.95. The average Bonchev–Trinajstić information content (AvgIpc) is 2.68. The van der Waals surface area contributed by atoms with Crippen molar-refractivity contribution in [2.75, 3.05) is 0 Å². The van der Waals surface area contributed by atoms with E-state index in [1.807, 2.05) is 0 Å². The van der Waals surface area contributed by atoms with Crippen LogP contribution < -0.4 is 0 Å². The Morgan fingerprint density at radius 3 is 2.21 bits per heavy atom. The molecule has 0 aromatic rings. The third-order valence-electron chi connectivity index (χ3n) is 6.32. The van der Waals surface area contributed by atoms with Crippen molar-refractivity contribution in [3.05, 3.63) is 11.1 Å². The lowest BCUT2D eigenvalue weighted by Crippen LogP contribution is -2.47. The Balaban J connectivity index is 1.59. The molecule has 0 radical (unpaired) electrons. The van der Waals surface area contributed by atoms with E-state index in [1.165, 1.54) is 0 Å². The van der Waals surface area contributed by atoms with Crippen LogP contribution in [0, 0.1) is 35.5 Å². The first-order chi connectivity index (χ1) is 9.09. The number of carboxylic acid groups (broad SMARTS) is 2. The largest absolute Gasteiger partial charge is 0.478 e. The number of aliphatic carboxylic acids is 2. The van der Waals surface area contributed by atoms with Crippen LogP contribution in [-0.2, 0) is 14.3 Å². The molecular formula is C14H14O5. The normalized spacial score (nSPS) is 55.4. The molecule has 5 rings (SSSR count). The monoisotopic (exact) mass is 262 g/mol. The van der Waals surface area contributed by atoms with Crippen molar-refractivity contribution in [1.82, 2.24) is 0 Å². The van der Waals surface area contributed by atoms with Crippen LogP contribution in [0.1, 0.15) is 12.8 Å². The molecule has 4 fully saturated rings.